The lowest BCUT2D eigenvalue weighted by Crippen LogP contribution is -2.32. The number of aromatic nitrogens is 2. The van der Waals surface area contributed by atoms with E-state index in [4.69, 9.17) is 9.15 Å². The van der Waals surface area contributed by atoms with Crippen molar-refractivity contribution in [3.63, 3.8) is 0 Å². The van der Waals surface area contributed by atoms with E-state index in [-0.39, 0.29) is 25.0 Å². The van der Waals surface area contributed by atoms with Crippen LogP contribution in [0.15, 0.2) is 83.3 Å². The fourth-order valence-electron chi connectivity index (χ4n) is 3.07. The third-order valence-corrected chi connectivity index (χ3v) is 4.79. The third kappa shape index (κ3) is 5.82. The molecule has 8 heteroatoms. The van der Waals surface area contributed by atoms with Crippen molar-refractivity contribution < 1.29 is 18.7 Å². The topological polar surface area (TPSA) is 106 Å². The van der Waals surface area contributed by atoms with E-state index in [1.807, 2.05) is 37.3 Å². The minimum atomic E-state index is -0.331. The summed E-state index contributed by atoms with van der Waals surface area (Å²) >= 11 is 0. The lowest BCUT2D eigenvalue weighted by Gasteiger charge is -2.08. The first-order valence-electron chi connectivity index (χ1n) is 10.3. The predicted molar refractivity (Wildman–Crippen MR) is 123 cm³/mol. The number of ether oxygens (including phenoxy) is 1. The van der Waals surface area contributed by atoms with Gasteiger partial charge in [0.2, 0.25) is 11.8 Å². The van der Waals surface area contributed by atoms with Gasteiger partial charge in [-0.1, -0.05) is 36.4 Å². The highest BCUT2D eigenvalue weighted by molar-refractivity contribution is 5.99. The van der Waals surface area contributed by atoms with Crippen molar-refractivity contribution in [3.05, 3.63) is 95.9 Å². The van der Waals surface area contributed by atoms with Gasteiger partial charge in [0.05, 0.1) is 6.54 Å². The number of nitrogens with zero attached hydrogens (tertiary/aromatic N) is 2. The largest absolute Gasteiger partial charge is 0.484 e. The van der Waals surface area contributed by atoms with Crippen LogP contribution in [0, 0.1) is 6.92 Å². The Kier molecular flexibility index (Phi) is 6.75. The van der Waals surface area contributed by atoms with Gasteiger partial charge in [0.25, 0.3) is 11.8 Å². The maximum absolute atomic E-state index is 12.1. The molecule has 0 aliphatic carbocycles. The molecular weight excluding hydrogens is 420 g/mol. The zero-order valence-electron chi connectivity index (χ0n) is 17.9. The molecule has 8 nitrogen and oxygen atoms in total. The number of amides is 2. The smallest absolute Gasteiger partial charge is 0.254 e. The second-order valence-corrected chi connectivity index (χ2v) is 7.23. The number of carbonyl (C=O) groups is 2. The number of hydrogen-bond acceptors (Lipinski definition) is 6. The Morgan fingerprint density at radius 1 is 0.909 bits per heavy atom. The molecule has 1 heterocycles. The molecule has 33 heavy (non-hydrogen) atoms. The number of nitrogens with one attached hydrogen (secondary N) is 2. The normalized spacial score (nSPS) is 10.5. The number of carbonyl (C=O) groups excluding carboxylic acids is 2. The van der Waals surface area contributed by atoms with Crippen molar-refractivity contribution >= 4 is 17.5 Å². The lowest BCUT2D eigenvalue weighted by molar-refractivity contribution is -0.115. The van der Waals surface area contributed by atoms with Crippen LogP contribution in [0.25, 0.3) is 11.5 Å². The fourth-order valence-corrected chi connectivity index (χ4v) is 3.07. The average Bonchev–Trinajstić information content (AvgIpc) is 3.32. The maximum atomic E-state index is 12.1. The molecule has 1 aromatic heterocycles. The fraction of sp³-hybridized carbons (Fsp3) is 0.120. The zero-order chi connectivity index (χ0) is 23.0. The minimum absolute atomic E-state index is 0.121. The molecular formula is C25H22N4O4. The van der Waals surface area contributed by atoms with Crippen LogP contribution < -0.4 is 15.4 Å². The first-order chi connectivity index (χ1) is 16.1. The van der Waals surface area contributed by atoms with Gasteiger partial charge in [0.15, 0.2) is 6.61 Å². The zero-order valence-corrected chi connectivity index (χ0v) is 17.9. The summed E-state index contributed by atoms with van der Waals surface area (Å²) < 4.78 is 11.4. The summed E-state index contributed by atoms with van der Waals surface area (Å²) in [6, 6.07) is 23.3. The van der Waals surface area contributed by atoms with Crippen LogP contribution in [-0.2, 0) is 11.4 Å². The Hall–Kier alpha value is -4.46. The van der Waals surface area contributed by atoms with Crippen molar-refractivity contribution in [2.24, 2.45) is 0 Å². The molecule has 3 aromatic carbocycles. The molecule has 0 radical (unpaired) electrons. The Bertz CT molecular complexity index is 1240. The second kappa shape index (κ2) is 10.2. The van der Waals surface area contributed by atoms with E-state index in [0.29, 0.717) is 28.8 Å². The monoisotopic (exact) mass is 442 g/mol. The Morgan fingerprint density at radius 2 is 1.64 bits per heavy atom. The minimum Gasteiger partial charge on any atom is -0.484 e. The van der Waals surface area contributed by atoms with Crippen LogP contribution in [0.1, 0.15) is 21.8 Å². The van der Waals surface area contributed by atoms with Gasteiger partial charge in [-0.15, -0.1) is 10.2 Å². The number of anilines is 1. The predicted octanol–water partition coefficient (Wildman–Crippen LogP) is 3.99. The van der Waals surface area contributed by atoms with Gasteiger partial charge in [-0.3, -0.25) is 9.59 Å². The second-order valence-electron chi connectivity index (χ2n) is 7.23. The molecule has 0 atom stereocenters. The Labute approximate surface area is 190 Å². The molecule has 0 fully saturated rings. The molecule has 2 amide bonds. The van der Waals surface area contributed by atoms with E-state index >= 15 is 0 Å². The van der Waals surface area contributed by atoms with Gasteiger partial charge in [-0.2, -0.15) is 0 Å². The summed E-state index contributed by atoms with van der Waals surface area (Å²) in [5, 5.41) is 13.4. The van der Waals surface area contributed by atoms with E-state index in [0.717, 1.165) is 11.1 Å². The molecule has 2 N–H and O–H groups in total. The van der Waals surface area contributed by atoms with E-state index < -0.39 is 0 Å². The number of rotatable bonds is 8. The number of aryl methyl sites for hydroxylation is 1. The Balaban J connectivity index is 1.25. The van der Waals surface area contributed by atoms with E-state index in [1.165, 1.54) is 0 Å². The lowest BCUT2D eigenvalue weighted by atomic mass is 10.1. The summed E-state index contributed by atoms with van der Waals surface area (Å²) in [6.07, 6.45) is 0. The number of benzene rings is 3. The Morgan fingerprint density at radius 3 is 2.39 bits per heavy atom. The highest BCUT2D eigenvalue weighted by Gasteiger charge is 2.11. The molecule has 0 aliphatic heterocycles. The maximum Gasteiger partial charge on any atom is 0.254 e. The van der Waals surface area contributed by atoms with Crippen LogP contribution in [0.4, 0.5) is 5.69 Å². The molecule has 0 saturated heterocycles. The van der Waals surface area contributed by atoms with Gasteiger partial charge in [0.1, 0.15) is 5.75 Å². The van der Waals surface area contributed by atoms with Crippen molar-refractivity contribution in [3.8, 4) is 17.2 Å². The third-order valence-electron chi connectivity index (χ3n) is 4.79. The van der Waals surface area contributed by atoms with Crippen LogP contribution in [0.5, 0.6) is 5.75 Å². The summed E-state index contributed by atoms with van der Waals surface area (Å²) in [4.78, 5) is 24.1. The van der Waals surface area contributed by atoms with Crippen LogP contribution in [-0.4, -0.2) is 28.6 Å². The van der Waals surface area contributed by atoms with E-state index in [9.17, 15) is 9.59 Å². The molecule has 0 aliphatic rings. The van der Waals surface area contributed by atoms with E-state index in [1.54, 1.807) is 48.5 Å². The molecule has 166 valence electrons. The molecule has 0 spiro atoms. The van der Waals surface area contributed by atoms with Crippen LogP contribution in [0.3, 0.4) is 0 Å². The van der Waals surface area contributed by atoms with Gasteiger partial charge in [0, 0.05) is 16.8 Å². The number of hydrogen-bond donors (Lipinski definition) is 2. The first kappa shape index (κ1) is 21.8. The highest BCUT2D eigenvalue weighted by atomic mass is 16.5. The van der Waals surface area contributed by atoms with Crippen molar-refractivity contribution in [1.29, 1.82) is 0 Å². The van der Waals surface area contributed by atoms with Crippen LogP contribution >= 0.6 is 0 Å². The average molecular weight is 442 g/mol. The summed E-state index contributed by atoms with van der Waals surface area (Å²) in [5.41, 5.74) is 3.02. The van der Waals surface area contributed by atoms with Gasteiger partial charge in [-0.05, 0) is 55.0 Å². The van der Waals surface area contributed by atoms with Crippen molar-refractivity contribution in [2.45, 2.75) is 13.5 Å². The first-order valence-corrected chi connectivity index (χ1v) is 10.3. The summed E-state index contributed by atoms with van der Waals surface area (Å²) in [7, 11) is 0. The van der Waals surface area contributed by atoms with Crippen LogP contribution in [0.2, 0.25) is 0 Å². The summed E-state index contributed by atoms with van der Waals surface area (Å²) in [6.45, 7) is 1.97. The van der Waals surface area contributed by atoms with Crippen molar-refractivity contribution in [1.82, 2.24) is 15.5 Å². The van der Waals surface area contributed by atoms with Gasteiger partial charge < -0.3 is 19.8 Å². The molecule has 0 saturated carbocycles. The van der Waals surface area contributed by atoms with Gasteiger partial charge >= 0.3 is 0 Å². The summed E-state index contributed by atoms with van der Waals surface area (Å²) in [5.74, 6) is 0.758. The molecule has 4 rings (SSSR count). The molecule has 4 aromatic rings. The standard InChI is InChI=1S/C25H22N4O4/c1-17-7-5-6-10-21(17)25-29-28-23(33-25)16-32-20-13-11-19(12-14-20)27-22(30)15-26-24(31)18-8-3-2-4-9-18/h2-14H,15-16H2,1H3,(H,26,31)(H,27,30). The molecule has 0 unspecified atom stereocenters. The van der Waals surface area contributed by atoms with Gasteiger partial charge in [-0.25, -0.2) is 0 Å². The SMILES string of the molecule is Cc1ccccc1-c1nnc(COc2ccc(NC(=O)CNC(=O)c3ccccc3)cc2)o1. The van der Waals surface area contributed by atoms with E-state index in [2.05, 4.69) is 20.8 Å². The quantitative estimate of drug-likeness (QED) is 0.427. The van der Waals surface area contributed by atoms with Crippen molar-refractivity contribution in [2.75, 3.05) is 11.9 Å². The molecule has 0 bridgehead atoms. The highest BCUT2D eigenvalue weighted by Crippen LogP contribution is 2.22.